The van der Waals surface area contributed by atoms with E-state index in [1.165, 1.54) is 24.6 Å². The van der Waals surface area contributed by atoms with Crippen molar-refractivity contribution in [3.05, 3.63) is 35.4 Å². The predicted molar refractivity (Wildman–Crippen MR) is 64.9 cm³/mol. The Morgan fingerprint density at radius 2 is 1.88 bits per heavy atom. The molecule has 1 unspecified atom stereocenters. The molecule has 3 heteroatoms. The van der Waals surface area contributed by atoms with E-state index in [1.54, 1.807) is 0 Å². The van der Waals surface area contributed by atoms with Crippen LogP contribution in [0.1, 0.15) is 31.7 Å². The molecule has 1 aromatic rings. The van der Waals surface area contributed by atoms with Crippen molar-refractivity contribution >= 4 is 0 Å². The summed E-state index contributed by atoms with van der Waals surface area (Å²) in [4.78, 5) is 2.22. The highest BCUT2D eigenvalue weighted by Crippen LogP contribution is 2.31. The van der Waals surface area contributed by atoms with Gasteiger partial charge in [0, 0.05) is 11.1 Å². The maximum Gasteiger partial charge on any atom is 0.129 e. The van der Waals surface area contributed by atoms with Crippen molar-refractivity contribution in [3.63, 3.8) is 0 Å². The molecule has 0 aliphatic carbocycles. The number of piperidine rings is 1. The second kappa shape index (κ2) is 4.73. The number of benzene rings is 1. The maximum absolute atomic E-state index is 13.6. The molecule has 1 heterocycles. The minimum Gasteiger partial charge on any atom is -0.301 e. The summed E-state index contributed by atoms with van der Waals surface area (Å²) in [5.74, 6) is -0.851. The molecule has 1 aliphatic heterocycles. The Morgan fingerprint density at radius 3 is 2.47 bits per heavy atom. The van der Waals surface area contributed by atoms with Crippen molar-refractivity contribution in [2.45, 2.75) is 38.1 Å². The van der Waals surface area contributed by atoms with Gasteiger partial charge in [-0.05, 0) is 51.9 Å². The number of hydrogen-bond acceptors (Lipinski definition) is 1. The van der Waals surface area contributed by atoms with Crippen LogP contribution in [0.4, 0.5) is 8.78 Å². The summed E-state index contributed by atoms with van der Waals surface area (Å²) in [6.45, 7) is 3.10. The second-order valence-electron chi connectivity index (χ2n) is 5.25. The van der Waals surface area contributed by atoms with Crippen LogP contribution in [-0.2, 0) is 6.42 Å². The Hall–Kier alpha value is -0.960. The third-order valence-electron chi connectivity index (χ3n) is 4.00. The van der Waals surface area contributed by atoms with Crippen LogP contribution in [0.2, 0.25) is 0 Å². The van der Waals surface area contributed by atoms with Crippen LogP contribution < -0.4 is 0 Å². The van der Waals surface area contributed by atoms with Gasteiger partial charge < -0.3 is 4.90 Å². The molecule has 0 saturated carbocycles. The van der Waals surface area contributed by atoms with Gasteiger partial charge in [-0.3, -0.25) is 0 Å². The number of likely N-dealkylation sites (tertiary alicyclic amines) is 1. The van der Waals surface area contributed by atoms with E-state index in [2.05, 4.69) is 11.8 Å². The summed E-state index contributed by atoms with van der Waals surface area (Å²) < 4.78 is 27.3. The summed E-state index contributed by atoms with van der Waals surface area (Å²) in [7, 11) is 2.04. The molecular formula is C14H19F2N. The average molecular weight is 239 g/mol. The molecule has 0 spiro atoms. The predicted octanol–water partition coefficient (Wildman–Crippen LogP) is 3.38. The van der Waals surface area contributed by atoms with Crippen LogP contribution in [0.3, 0.4) is 0 Å². The third-order valence-corrected chi connectivity index (χ3v) is 4.00. The van der Waals surface area contributed by atoms with E-state index in [-0.39, 0.29) is 11.1 Å². The van der Waals surface area contributed by atoms with Crippen molar-refractivity contribution in [1.82, 2.24) is 4.90 Å². The molecule has 0 aromatic heterocycles. The van der Waals surface area contributed by atoms with Gasteiger partial charge in [-0.25, -0.2) is 8.78 Å². The summed E-state index contributed by atoms with van der Waals surface area (Å²) in [5, 5.41) is 0. The maximum atomic E-state index is 13.6. The van der Waals surface area contributed by atoms with E-state index < -0.39 is 11.6 Å². The van der Waals surface area contributed by atoms with E-state index in [0.717, 1.165) is 19.4 Å². The fraction of sp³-hybridized carbons (Fsp3) is 0.571. The van der Waals surface area contributed by atoms with E-state index in [1.807, 2.05) is 7.05 Å². The summed E-state index contributed by atoms with van der Waals surface area (Å²) in [6.07, 6.45) is 3.75. The zero-order chi connectivity index (χ0) is 12.5. The van der Waals surface area contributed by atoms with E-state index in [9.17, 15) is 8.78 Å². The minimum atomic E-state index is -0.426. The van der Waals surface area contributed by atoms with Crippen molar-refractivity contribution in [1.29, 1.82) is 0 Å². The van der Waals surface area contributed by atoms with Crippen LogP contribution >= 0.6 is 0 Å². The van der Waals surface area contributed by atoms with Gasteiger partial charge >= 0.3 is 0 Å². The first-order chi connectivity index (χ1) is 8.03. The van der Waals surface area contributed by atoms with Gasteiger partial charge in [0.15, 0.2) is 0 Å². The standard InChI is InChI=1S/C14H19F2N/c1-14(8-3-4-9-17(14)2)10-11-12(15)6-5-7-13(11)16/h5-7H,3-4,8-10H2,1-2H3. The molecule has 17 heavy (non-hydrogen) atoms. The molecule has 1 atom stereocenters. The van der Waals surface area contributed by atoms with Gasteiger partial charge in [-0.2, -0.15) is 0 Å². The zero-order valence-corrected chi connectivity index (χ0v) is 10.5. The fourth-order valence-corrected chi connectivity index (χ4v) is 2.62. The lowest BCUT2D eigenvalue weighted by atomic mass is 9.83. The molecule has 0 N–H and O–H groups in total. The number of hydrogen-bond donors (Lipinski definition) is 0. The molecule has 0 radical (unpaired) electrons. The van der Waals surface area contributed by atoms with Crippen LogP contribution in [0.25, 0.3) is 0 Å². The first-order valence-corrected chi connectivity index (χ1v) is 6.17. The minimum absolute atomic E-state index is 0.124. The Kier molecular flexibility index (Phi) is 3.48. The largest absolute Gasteiger partial charge is 0.301 e. The van der Waals surface area contributed by atoms with Crippen LogP contribution in [0.5, 0.6) is 0 Å². The van der Waals surface area contributed by atoms with Crippen molar-refractivity contribution in [2.75, 3.05) is 13.6 Å². The normalized spacial score (nSPS) is 26.1. The molecule has 0 amide bonds. The van der Waals surface area contributed by atoms with Gasteiger partial charge in [0.25, 0.3) is 0 Å². The van der Waals surface area contributed by atoms with E-state index >= 15 is 0 Å². The first kappa shape index (κ1) is 12.5. The summed E-state index contributed by atoms with van der Waals surface area (Å²) in [6, 6.07) is 4.09. The number of rotatable bonds is 2. The Balaban J connectivity index is 2.25. The zero-order valence-electron chi connectivity index (χ0n) is 10.5. The van der Waals surface area contributed by atoms with E-state index in [4.69, 9.17) is 0 Å². The molecule has 1 nitrogen and oxygen atoms in total. The van der Waals surface area contributed by atoms with Crippen molar-refractivity contribution in [2.24, 2.45) is 0 Å². The van der Waals surface area contributed by atoms with Crippen molar-refractivity contribution < 1.29 is 8.78 Å². The highest BCUT2D eigenvalue weighted by molar-refractivity contribution is 5.22. The highest BCUT2D eigenvalue weighted by Gasteiger charge is 2.33. The first-order valence-electron chi connectivity index (χ1n) is 6.17. The van der Waals surface area contributed by atoms with Gasteiger partial charge in [0.1, 0.15) is 11.6 Å². The molecule has 94 valence electrons. The quantitative estimate of drug-likeness (QED) is 0.764. The van der Waals surface area contributed by atoms with E-state index in [0.29, 0.717) is 6.42 Å². The summed E-state index contributed by atoms with van der Waals surface area (Å²) >= 11 is 0. The third kappa shape index (κ3) is 2.49. The molecule has 1 fully saturated rings. The molecule has 0 bridgehead atoms. The SMILES string of the molecule is CN1CCCCC1(C)Cc1c(F)cccc1F. The van der Waals surface area contributed by atoms with Crippen LogP contribution in [0, 0.1) is 11.6 Å². The topological polar surface area (TPSA) is 3.24 Å². The Morgan fingerprint density at radius 1 is 1.24 bits per heavy atom. The molecular weight excluding hydrogens is 220 g/mol. The van der Waals surface area contributed by atoms with Gasteiger partial charge in [-0.1, -0.05) is 12.5 Å². The highest BCUT2D eigenvalue weighted by atomic mass is 19.1. The number of halogens is 2. The smallest absolute Gasteiger partial charge is 0.129 e. The average Bonchev–Trinajstić information content (AvgIpc) is 2.28. The molecule has 2 rings (SSSR count). The lowest BCUT2D eigenvalue weighted by Gasteiger charge is -2.43. The van der Waals surface area contributed by atoms with Gasteiger partial charge in [-0.15, -0.1) is 0 Å². The molecule has 1 aromatic carbocycles. The number of nitrogens with zero attached hydrogens (tertiary/aromatic N) is 1. The fourth-order valence-electron chi connectivity index (χ4n) is 2.62. The molecule has 1 aliphatic rings. The Bertz CT molecular complexity index is 385. The Labute approximate surface area is 101 Å². The van der Waals surface area contributed by atoms with Crippen LogP contribution in [0.15, 0.2) is 18.2 Å². The van der Waals surface area contributed by atoms with Crippen molar-refractivity contribution in [3.8, 4) is 0 Å². The molecule has 1 saturated heterocycles. The second-order valence-corrected chi connectivity index (χ2v) is 5.25. The lowest BCUT2D eigenvalue weighted by Crippen LogP contribution is -2.49. The monoisotopic (exact) mass is 239 g/mol. The number of likely N-dealkylation sites (N-methyl/N-ethyl adjacent to an activating group) is 1. The summed E-state index contributed by atoms with van der Waals surface area (Å²) in [5.41, 5.74) is 0.102. The van der Waals surface area contributed by atoms with Gasteiger partial charge in [0.05, 0.1) is 0 Å². The van der Waals surface area contributed by atoms with Crippen LogP contribution in [-0.4, -0.2) is 24.0 Å². The lowest BCUT2D eigenvalue weighted by molar-refractivity contribution is 0.0884. The van der Waals surface area contributed by atoms with Gasteiger partial charge in [0.2, 0.25) is 0 Å².